The third-order valence-corrected chi connectivity index (χ3v) is 4.15. The molecule has 0 radical (unpaired) electrons. The molecule has 6 heteroatoms. The maximum Gasteiger partial charge on any atom is 0.391 e. The van der Waals surface area contributed by atoms with Crippen LogP contribution in [-0.4, -0.2) is 19.3 Å². The van der Waals surface area contributed by atoms with Crippen LogP contribution in [0.25, 0.3) is 0 Å². The molecule has 0 aromatic rings. The van der Waals surface area contributed by atoms with E-state index in [0.29, 0.717) is 12.8 Å². The molecule has 1 aliphatic carbocycles. The van der Waals surface area contributed by atoms with Crippen molar-refractivity contribution < 1.29 is 21.6 Å². The van der Waals surface area contributed by atoms with Gasteiger partial charge in [0, 0.05) is 0 Å². The van der Waals surface area contributed by atoms with Gasteiger partial charge >= 0.3 is 6.18 Å². The van der Waals surface area contributed by atoms with Gasteiger partial charge < -0.3 is 0 Å². The van der Waals surface area contributed by atoms with Crippen molar-refractivity contribution in [3.05, 3.63) is 0 Å². The van der Waals surface area contributed by atoms with Crippen molar-refractivity contribution in [3.8, 4) is 0 Å². The van der Waals surface area contributed by atoms with Crippen LogP contribution in [-0.2, 0) is 10.7 Å². The molecule has 0 bridgehead atoms. The number of hydrogen-bond donors (Lipinski definition) is 1. The van der Waals surface area contributed by atoms with E-state index in [1.165, 1.54) is 6.92 Å². The van der Waals surface area contributed by atoms with Crippen LogP contribution in [0.15, 0.2) is 0 Å². The Bertz CT molecular complexity index is 277. The highest BCUT2D eigenvalue weighted by Gasteiger charge is 2.47. The van der Waals surface area contributed by atoms with E-state index in [2.05, 4.69) is 0 Å². The molecule has 0 aromatic carbocycles. The zero-order valence-corrected chi connectivity index (χ0v) is 8.70. The zero-order valence-electron chi connectivity index (χ0n) is 7.80. The van der Waals surface area contributed by atoms with Gasteiger partial charge in [-0.05, 0) is 26.2 Å². The third kappa shape index (κ3) is 2.40. The average molecular weight is 230 g/mol. The quantitative estimate of drug-likeness (QED) is 0.700. The van der Waals surface area contributed by atoms with Crippen LogP contribution in [0, 0.1) is 5.92 Å². The molecule has 0 spiro atoms. The van der Waals surface area contributed by atoms with Gasteiger partial charge in [0.2, 0.25) is 0 Å². The van der Waals surface area contributed by atoms with Gasteiger partial charge in [0.1, 0.15) is 10.7 Å². The van der Waals surface area contributed by atoms with Crippen molar-refractivity contribution in [2.24, 2.45) is 5.92 Å². The van der Waals surface area contributed by atoms with E-state index >= 15 is 0 Å². The molecular weight excluding hydrogens is 217 g/mol. The Hall–Kier alpha value is -0.260. The molecule has 1 fully saturated rings. The van der Waals surface area contributed by atoms with Crippen molar-refractivity contribution in [3.63, 3.8) is 0 Å². The molecule has 84 valence electrons. The van der Waals surface area contributed by atoms with Crippen LogP contribution in [0.5, 0.6) is 0 Å². The van der Waals surface area contributed by atoms with Gasteiger partial charge in [0.05, 0.1) is 10.7 Å². The summed E-state index contributed by atoms with van der Waals surface area (Å²) in [6.45, 7) is 1.40. The average Bonchev–Trinajstić information content (AvgIpc) is 2.02. The van der Waals surface area contributed by atoms with E-state index in [4.69, 9.17) is 0 Å². The maximum atomic E-state index is 12.4. The minimum atomic E-state index is -4.26. The van der Waals surface area contributed by atoms with Crippen molar-refractivity contribution >= 4 is 10.7 Å². The molecule has 0 heterocycles. The molecule has 1 unspecified atom stereocenters. The number of halogens is 3. The van der Waals surface area contributed by atoms with Gasteiger partial charge in [-0.3, -0.25) is 0 Å². The largest absolute Gasteiger partial charge is 0.391 e. The summed E-state index contributed by atoms with van der Waals surface area (Å²) in [6, 6.07) is 0. The van der Waals surface area contributed by atoms with E-state index in [0.717, 1.165) is 0 Å². The summed E-state index contributed by atoms with van der Waals surface area (Å²) >= 11 is 0. The number of alkyl halides is 3. The van der Waals surface area contributed by atoms with Crippen LogP contribution >= 0.6 is 0 Å². The molecule has 1 aliphatic rings. The minimum absolute atomic E-state index is 0.0578. The Morgan fingerprint density at radius 2 is 1.93 bits per heavy atom. The summed E-state index contributed by atoms with van der Waals surface area (Å²) in [6.07, 6.45) is -3.80. The second-order valence-corrected chi connectivity index (χ2v) is 5.68. The molecule has 0 aliphatic heterocycles. The monoisotopic (exact) mass is 230 g/mol. The van der Waals surface area contributed by atoms with Crippen LogP contribution in [0.3, 0.4) is 0 Å². The summed E-state index contributed by atoms with van der Waals surface area (Å²) in [4.78, 5) is 0. The van der Waals surface area contributed by atoms with E-state index in [1.807, 2.05) is 0 Å². The Kier molecular flexibility index (Phi) is 3.13. The van der Waals surface area contributed by atoms with Gasteiger partial charge in [-0.25, -0.2) is 8.42 Å². The van der Waals surface area contributed by atoms with Gasteiger partial charge in [-0.15, -0.1) is 0 Å². The topological polar surface area (TPSA) is 34.1 Å². The Morgan fingerprint density at radius 1 is 1.36 bits per heavy atom. The second kappa shape index (κ2) is 3.72. The molecular formula is C8H13F3O2S. The number of thiol groups is 1. The first-order valence-electron chi connectivity index (χ1n) is 4.47. The summed E-state index contributed by atoms with van der Waals surface area (Å²) in [7, 11) is -2.77. The zero-order chi connectivity index (χ0) is 11.0. The van der Waals surface area contributed by atoms with Crippen molar-refractivity contribution in [1.82, 2.24) is 0 Å². The fourth-order valence-corrected chi connectivity index (χ4v) is 2.62. The summed E-state index contributed by atoms with van der Waals surface area (Å²) in [5, 5.41) is 0. The fraction of sp³-hybridized carbons (Fsp3) is 1.00. The number of rotatable bonds is 1. The Balaban J connectivity index is 2.79. The highest BCUT2D eigenvalue weighted by atomic mass is 32.2. The highest BCUT2D eigenvalue weighted by molar-refractivity contribution is 7.74. The second-order valence-electron chi connectivity index (χ2n) is 4.09. The summed E-state index contributed by atoms with van der Waals surface area (Å²) in [5.41, 5.74) is 0. The van der Waals surface area contributed by atoms with Crippen molar-refractivity contribution in [1.29, 1.82) is 0 Å². The van der Waals surface area contributed by atoms with Crippen LogP contribution in [0.4, 0.5) is 13.2 Å². The molecule has 2 atom stereocenters. The lowest BCUT2D eigenvalue weighted by molar-refractivity contribution is -0.183. The first kappa shape index (κ1) is 11.8. The van der Waals surface area contributed by atoms with Gasteiger partial charge in [0.15, 0.2) is 0 Å². The predicted molar refractivity (Wildman–Crippen MR) is 46.7 cm³/mol. The molecule has 1 saturated carbocycles. The van der Waals surface area contributed by atoms with Gasteiger partial charge in [-0.2, -0.15) is 13.2 Å². The van der Waals surface area contributed by atoms with Crippen molar-refractivity contribution in [2.75, 3.05) is 0 Å². The van der Waals surface area contributed by atoms with Crippen LogP contribution in [0.2, 0.25) is 0 Å². The minimum Gasteiger partial charge on any atom is -0.231 e. The van der Waals surface area contributed by atoms with Crippen molar-refractivity contribution in [2.45, 2.75) is 43.5 Å². The molecule has 2 nitrogen and oxygen atoms in total. The van der Waals surface area contributed by atoms with E-state index in [-0.39, 0.29) is 12.8 Å². The number of hydrogen-bond acceptors (Lipinski definition) is 2. The molecule has 0 amide bonds. The molecule has 0 aromatic heterocycles. The Labute approximate surface area is 82.4 Å². The predicted octanol–water partition coefficient (Wildman–Crippen LogP) is 2.11. The van der Waals surface area contributed by atoms with E-state index < -0.39 is 27.5 Å². The lowest BCUT2D eigenvalue weighted by Gasteiger charge is -2.34. The lowest BCUT2D eigenvalue weighted by atomic mass is 9.81. The molecule has 0 saturated heterocycles. The first-order valence-corrected chi connectivity index (χ1v) is 5.65. The summed E-state index contributed by atoms with van der Waals surface area (Å²) < 4.78 is 57.5. The lowest BCUT2D eigenvalue weighted by Crippen LogP contribution is -2.39. The standard InChI is InChI=1S/C8H13F3O2S/c1-7(14(12)13)4-2-3-6(5-7)8(9,10)11/h6,14H,2-5H2,1H3/t6?,7-/m0/s1. The maximum absolute atomic E-state index is 12.4. The van der Waals surface area contributed by atoms with Crippen LogP contribution in [0.1, 0.15) is 32.6 Å². The van der Waals surface area contributed by atoms with Gasteiger partial charge in [-0.1, -0.05) is 6.42 Å². The van der Waals surface area contributed by atoms with Gasteiger partial charge in [0.25, 0.3) is 0 Å². The smallest absolute Gasteiger partial charge is 0.231 e. The fourth-order valence-electron chi connectivity index (χ4n) is 1.91. The van der Waals surface area contributed by atoms with Crippen LogP contribution < -0.4 is 0 Å². The summed E-state index contributed by atoms with van der Waals surface area (Å²) in [5.74, 6) is -1.45. The Morgan fingerprint density at radius 3 is 2.36 bits per heavy atom. The molecule has 14 heavy (non-hydrogen) atoms. The van der Waals surface area contributed by atoms with E-state index in [1.54, 1.807) is 0 Å². The first-order chi connectivity index (χ1) is 6.26. The van der Waals surface area contributed by atoms with E-state index in [9.17, 15) is 21.6 Å². The molecule has 1 rings (SSSR count). The SMILES string of the molecule is C[C@]1([SH](=O)=O)CCCC(C(F)(F)F)C1. The third-order valence-electron chi connectivity index (χ3n) is 2.86. The molecule has 0 N–H and O–H groups in total. The highest BCUT2D eigenvalue weighted by Crippen LogP contribution is 2.42. The normalized spacial score (nSPS) is 34.8.